The van der Waals surface area contributed by atoms with Gasteiger partial charge in [-0.1, -0.05) is 6.07 Å². The number of hydrogen-bond acceptors (Lipinski definition) is 4. The highest BCUT2D eigenvalue weighted by Gasteiger charge is 2.14. The lowest BCUT2D eigenvalue weighted by Gasteiger charge is -2.00. The number of aryl methyl sites for hydroxylation is 1. The number of pyridine rings is 1. The molecule has 6 nitrogen and oxygen atoms in total. The highest BCUT2D eigenvalue weighted by molar-refractivity contribution is 5.82. The van der Waals surface area contributed by atoms with Crippen molar-refractivity contribution in [1.82, 2.24) is 14.5 Å². The topological polar surface area (TPSA) is 73.8 Å². The number of nitro benzene ring substituents is 1. The maximum absolute atomic E-state index is 10.8. The molecule has 0 fully saturated rings. The monoisotopic (exact) mass is 254 g/mol. The first-order chi connectivity index (χ1) is 9.16. The first-order valence-corrected chi connectivity index (χ1v) is 5.69. The average Bonchev–Trinajstić information content (AvgIpc) is 2.76. The molecule has 2 heterocycles. The van der Waals surface area contributed by atoms with E-state index in [0.29, 0.717) is 11.3 Å². The highest BCUT2D eigenvalue weighted by Crippen LogP contribution is 2.25. The predicted octanol–water partition coefficient (Wildman–Crippen LogP) is 2.54. The second-order valence-electron chi connectivity index (χ2n) is 4.14. The first kappa shape index (κ1) is 11.3. The van der Waals surface area contributed by atoms with Crippen LogP contribution in [0.15, 0.2) is 42.6 Å². The van der Waals surface area contributed by atoms with Crippen molar-refractivity contribution in [3.63, 3.8) is 0 Å². The fraction of sp³-hybridized carbons (Fsp3) is 0.0769. The summed E-state index contributed by atoms with van der Waals surface area (Å²) in [6.45, 7) is 0. The van der Waals surface area contributed by atoms with Gasteiger partial charge in [0.05, 0.1) is 16.0 Å². The van der Waals surface area contributed by atoms with Crippen LogP contribution in [0.5, 0.6) is 0 Å². The third-order valence-corrected chi connectivity index (χ3v) is 2.97. The average molecular weight is 254 g/mol. The number of nitro groups is 1. The van der Waals surface area contributed by atoms with Crippen molar-refractivity contribution in [2.45, 2.75) is 0 Å². The van der Waals surface area contributed by atoms with Crippen LogP contribution in [0, 0.1) is 10.1 Å². The molecule has 3 aromatic rings. The molecule has 0 amide bonds. The second kappa shape index (κ2) is 4.16. The largest absolute Gasteiger partial charge is 0.326 e. The lowest BCUT2D eigenvalue weighted by atomic mass is 10.3. The summed E-state index contributed by atoms with van der Waals surface area (Å²) in [7, 11) is 1.87. The van der Waals surface area contributed by atoms with Crippen molar-refractivity contribution in [3.8, 4) is 11.5 Å². The maximum Gasteiger partial charge on any atom is 0.271 e. The molecule has 0 bridgehead atoms. The van der Waals surface area contributed by atoms with Crippen molar-refractivity contribution in [3.05, 3.63) is 52.7 Å². The molecule has 0 aliphatic heterocycles. The molecule has 0 saturated heterocycles. The van der Waals surface area contributed by atoms with E-state index in [0.717, 1.165) is 11.2 Å². The van der Waals surface area contributed by atoms with E-state index < -0.39 is 4.92 Å². The number of aromatic nitrogens is 3. The van der Waals surface area contributed by atoms with E-state index in [1.165, 1.54) is 12.1 Å². The predicted molar refractivity (Wildman–Crippen MR) is 70.6 cm³/mol. The van der Waals surface area contributed by atoms with E-state index in [4.69, 9.17) is 0 Å². The number of rotatable bonds is 2. The Morgan fingerprint density at radius 3 is 2.79 bits per heavy atom. The summed E-state index contributed by atoms with van der Waals surface area (Å²) in [6.07, 6.45) is 1.69. The van der Waals surface area contributed by atoms with Gasteiger partial charge in [0.1, 0.15) is 5.69 Å². The van der Waals surface area contributed by atoms with Gasteiger partial charge in [0.25, 0.3) is 5.69 Å². The van der Waals surface area contributed by atoms with Gasteiger partial charge < -0.3 is 4.57 Å². The van der Waals surface area contributed by atoms with Crippen LogP contribution in [-0.2, 0) is 7.05 Å². The lowest BCUT2D eigenvalue weighted by molar-refractivity contribution is -0.384. The minimum Gasteiger partial charge on any atom is -0.326 e. The van der Waals surface area contributed by atoms with E-state index in [1.54, 1.807) is 12.3 Å². The minimum atomic E-state index is -0.422. The molecule has 0 aliphatic carbocycles. The normalized spacial score (nSPS) is 10.8. The third-order valence-electron chi connectivity index (χ3n) is 2.97. The van der Waals surface area contributed by atoms with Gasteiger partial charge in [0.2, 0.25) is 0 Å². The van der Waals surface area contributed by atoms with Crippen molar-refractivity contribution in [2.75, 3.05) is 0 Å². The van der Waals surface area contributed by atoms with Gasteiger partial charge in [-0.25, -0.2) is 4.98 Å². The zero-order valence-corrected chi connectivity index (χ0v) is 10.1. The molecule has 94 valence electrons. The van der Waals surface area contributed by atoms with Gasteiger partial charge in [0, 0.05) is 25.4 Å². The van der Waals surface area contributed by atoms with Crippen LogP contribution in [0.1, 0.15) is 0 Å². The number of benzene rings is 1. The Hall–Kier alpha value is -2.76. The SMILES string of the molecule is Cn1c(-c2ccccn2)nc2cc([N+](=O)[O-])ccc21. The zero-order chi connectivity index (χ0) is 13.4. The maximum atomic E-state index is 10.8. The van der Waals surface area contributed by atoms with Crippen LogP contribution >= 0.6 is 0 Å². The van der Waals surface area contributed by atoms with Crippen molar-refractivity contribution in [1.29, 1.82) is 0 Å². The van der Waals surface area contributed by atoms with E-state index in [9.17, 15) is 10.1 Å². The summed E-state index contributed by atoms with van der Waals surface area (Å²) in [5.74, 6) is 0.691. The Labute approximate surface area is 108 Å². The molecular formula is C13H10N4O2. The van der Waals surface area contributed by atoms with Gasteiger partial charge in [0.15, 0.2) is 5.82 Å². The van der Waals surface area contributed by atoms with Gasteiger partial charge in [-0.15, -0.1) is 0 Å². The Kier molecular flexibility index (Phi) is 2.49. The number of hydrogen-bond donors (Lipinski definition) is 0. The molecule has 0 N–H and O–H groups in total. The molecule has 6 heteroatoms. The zero-order valence-electron chi connectivity index (χ0n) is 10.1. The molecule has 19 heavy (non-hydrogen) atoms. The number of nitrogens with zero attached hydrogens (tertiary/aromatic N) is 4. The molecule has 0 unspecified atom stereocenters. The minimum absolute atomic E-state index is 0.0400. The van der Waals surface area contributed by atoms with E-state index >= 15 is 0 Å². The van der Waals surface area contributed by atoms with Crippen LogP contribution in [0.2, 0.25) is 0 Å². The molecule has 2 aromatic heterocycles. The Morgan fingerprint density at radius 1 is 1.26 bits per heavy atom. The summed E-state index contributed by atoms with van der Waals surface area (Å²) in [5, 5.41) is 10.8. The van der Waals surface area contributed by atoms with Gasteiger partial charge >= 0.3 is 0 Å². The van der Waals surface area contributed by atoms with Crippen LogP contribution < -0.4 is 0 Å². The molecule has 0 radical (unpaired) electrons. The van der Waals surface area contributed by atoms with Crippen molar-refractivity contribution >= 4 is 16.7 Å². The molecule has 0 saturated carbocycles. The summed E-state index contributed by atoms with van der Waals surface area (Å²) < 4.78 is 1.88. The Bertz CT molecular complexity index is 765. The fourth-order valence-corrected chi connectivity index (χ4v) is 2.03. The molecule has 0 aliphatic rings. The number of fused-ring (bicyclic) bond motifs is 1. The quantitative estimate of drug-likeness (QED) is 0.520. The number of non-ortho nitro benzene ring substituents is 1. The molecule has 1 aromatic carbocycles. The van der Waals surface area contributed by atoms with Gasteiger partial charge in [-0.2, -0.15) is 0 Å². The van der Waals surface area contributed by atoms with Crippen molar-refractivity contribution < 1.29 is 4.92 Å². The number of imidazole rings is 1. The van der Waals surface area contributed by atoms with Gasteiger partial charge in [-0.3, -0.25) is 15.1 Å². The van der Waals surface area contributed by atoms with Crippen LogP contribution in [0.25, 0.3) is 22.6 Å². The van der Waals surface area contributed by atoms with Crippen LogP contribution in [0.4, 0.5) is 5.69 Å². The lowest BCUT2D eigenvalue weighted by Crippen LogP contribution is -1.94. The Morgan fingerprint density at radius 2 is 2.11 bits per heavy atom. The standard InChI is InChI=1S/C13H10N4O2/c1-16-12-6-5-9(17(18)19)8-11(12)15-13(16)10-4-2-3-7-14-10/h2-8H,1H3. The van der Waals surface area contributed by atoms with E-state index in [-0.39, 0.29) is 5.69 Å². The van der Waals surface area contributed by atoms with Crippen molar-refractivity contribution in [2.24, 2.45) is 7.05 Å². The molecule has 0 spiro atoms. The van der Waals surface area contributed by atoms with E-state index in [2.05, 4.69) is 9.97 Å². The van der Waals surface area contributed by atoms with Gasteiger partial charge in [-0.05, 0) is 18.2 Å². The van der Waals surface area contributed by atoms with E-state index in [1.807, 2.05) is 29.8 Å². The molecule has 0 atom stereocenters. The Balaban J connectivity index is 2.23. The molecular weight excluding hydrogens is 244 g/mol. The first-order valence-electron chi connectivity index (χ1n) is 5.69. The highest BCUT2D eigenvalue weighted by atomic mass is 16.6. The summed E-state index contributed by atoms with van der Waals surface area (Å²) in [6, 6.07) is 10.2. The fourth-order valence-electron chi connectivity index (χ4n) is 2.03. The summed E-state index contributed by atoms with van der Waals surface area (Å²) >= 11 is 0. The van der Waals surface area contributed by atoms with Crippen LogP contribution in [0.3, 0.4) is 0 Å². The smallest absolute Gasteiger partial charge is 0.271 e. The summed E-state index contributed by atoms with van der Waals surface area (Å²) in [4.78, 5) is 19.0. The second-order valence-corrected chi connectivity index (χ2v) is 4.14. The summed E-state index contributed by atoms with van der Waals surface area (Å²) in [5.41, 5.74) is 2.21. The van der Waals surface area contributed by atoms with Crippen LogP contribution in [-0.4, -0.2) is 19.5 Å². The third kappa shape index (κ3) is 1.83. The molecule has 3 rings (SSSR count).